The minimum absolute atomic E-state index is 0.0597. The normalized spacial score (nSPS) is 18.9. The number of rotatable bonds is 7. The third-order valence-corrected chi connectivity index (χ3v) is 6.72. The summed E-state index contributed by atoms with van der Waals surface area (Å²) in [6.07, 6.45) is -0.569. The molecule has 1 saturated carbocycles. The van der Waals surface area contributed by atoms with Crippen molar-refractivity contribution in [2.24, 2.45) is 11.3 Å². The molecule has 34 heavy (non-hydrogen) atoms. The van der Waals surface area contributed by atoms with Gasteiger partial charge in [0, 0.05) is 31.1 Å². The molecule has 5 nitrogen and oxygen atoms in total. The van der Waals surface area contributed by atoms with Crippen molar-refractivity contribution >= 4 is 11.8 Å². The highest BCUT2D eigenvalue weighted by Gasteiger charge is 2.58. The van der Waals surface area contributed by atoms with Crippen LogP contribution in [-0.4, -0.2) is 36.4 Å². The number of ether oxygens (including phenoxy) is 1. The maximum atomic E-state index is 12.9. The third-order valence-electron chi connectivity index (χ3n) is 6.72. The van der Waals surface area contributed by atoms with E-state index in [0.717, 1.165) is 31.4 Å². The molecule has 1 aliphatic heterocycles. The number of benzene rings is 2. The van der Waals surface area contributed by atoms with Crippen molar-refractivity contribution in [3.8, 4) is 5.75 Å². The zero-order valence-corrected chi connectivity index (χ0v) is 18.7. The lowest BCUT2D eigenvalue weighted by molar-refractivity contribution is -0.137. The Bertz CT molecular complexity index is 1070. The second-order valence-electron chi connectivity index (χ2n) is 8.95. The van der Waals surface area contributed by atoms with Crippen LogP contribution >= 0.6 is 0 Å². The van der Waals surface area contributed by atoms with Crippen molar-refractivity contribution < 1.29 is 27.5 Å². The summed E-state index contributed by atoms with van der Waals surface area (Å²) in [6.45, 7) is 5.16. The number of hydrogen-bond donors (Lipinski definition) is 1. The minimum Gasteiger partial charge on any atom is -0.490 e. The van der Waals surface area contributed by atoms with Gasteiger partial charge in [0.25, 0.3) is 5.91 Å². The van der Waals surface area contributed by atoms with Gasteiger partial charge in [-0.15, -0.1) is 0 Å². The fourth-order valence-electron chi connectivity index (χ4n) is 4.65. The molecule has 2 amide bonds. The smallest absolute Gasteiger partial charge is 0.416 e. The first-order chi connectivity index (χ1) is 16.2. The summed E-state index contributed by atoms with van der Waals surface area (Å²) in [5.41, 5.74) is 0.127. The number of carbonyl (C=O) groups excluding carboxylic acids is 2. The van der Waals surface area contributed by atoms with Gasteiger partial charge in [0.05, 0.1) is 5.56 Å². The van der Waals surface area contributed by atoms with E-state index in [1.165, 1.54) is 6.07 Å². The first-order valence-corrected chi connectivity index (χ1v) is 11.3. The van der Waals surface area contributed by atoms with Crippen molar-refractivity contribution in [1.82, 2.24) is 10.2 Å². The number of amides is 2. The molecular weight excluding hydrogens is 445 g/mol. The van der Waals surface area contributed by atoms with Crippen LogP contribution in [0.1, 0.15) is 40.7 Å². The molecule has 0 aromatic heterocycles. The standard InChI is InChI=1S/C26H27F3N2O3/c1-2-13-34-21-8-4-6-19(15-21)24(33)31-11-9-25(10-12-31)16-22(25)23(32)30-17-18-5-3-7-20(14-18)26(27,28)29/h2-8,14-15,22H,1,9-13,16-17H2,(H,30,32). The Morgan fingerprint density at radius 1 is 1.15 bits per heavy atom. The molecule has 2 aliphatic rings. The van der Waals surface area contributed by atoms with Crippen molar-refractivity contribution in [3.05, 3.63) is 77.9 Å². The van der Waals surface area contributed by atoms with Gasteiger partial charge in [0.2, 0.25) is 5.91 Å². The van der Waals surface area contributed by atoms with Gasteiger partial charge in [-0.2, -0.15) is 13.2 Å². The molecule has 0 radical (unpaired) electrons. The first kappa shape index (κ1) is 23.9. The highest BCUT2D eigenvalue weighted by Crippen LogP contribution is 2.59. The van der Waals surface area contributed by atoms with Gasteiger partial charge in [-0.05, 0) is 60.6 Å². The number of likely N-dealkylation sites (tertiary alicyclic amines) is 1. The van der Waals surface area contributed by atoms with Crippen LogP contribution in [0.3, 0.4) is 0 Å². The fourth-order valence-corrected chi connectivity index (χ4v) is 4.65. The molecule has 1 heterocycles. The lowest BCUT2D eigenvalue weighted by Crippen LogP contribution is -2.40. The minimum atomic E-state index is -4.41. The van der Waals surface area contributed by atoms with Gasteiger partial charge in [-0.25, -0.2) is 0 Å². The Labute approximate surface area is 196 Å². The number of nitrogens with one attached hydrogen (secondary N) is 1. The lowest BCUT2D eigenvalue weighted by atomic mass is 9.90. The third kappa shape index (κ3) is 5.26. The van der Waals surface area contributed by atoms with Crippen LogP contribution in [0.2, 0.25) is 0 Å². The molecule has 1 atom stereocenters. The van der Waals surface area contributed by atoms with Crippen molar-refractivity contribution in [2.45, 2.75) is 32.0 Å². The van der Waals surface area contributed by atoms with Crippen LogP contribution in [0.5, 0.6) is 5.75 Å². The van der Waals surface area contributed by atoms with E-state index in [1.807, 2.05) is 0 Å². The van der Waals surface area contributed by atoms with E-state index in [4.69, 9.17) is 4.74 Å². The molecule has 1 saturated heterocycles. The van der Waals surface area contributed by atoms with E-state index in [-0.39, 0.29) is 29.7 Å². The van der Waals surface area contributed by atoms with Gasteiger partial charge in [-0.1, -0.05) is 30.9 Å². The van der Waals surface area contributed by atoms with Crippen LogP contribution in [0.25, 0.3) is 0 Å². The van der Waals surface area contributed by atoms with Crippen LogP contribution < -0.4 is 10.1 Å². The summed E-state index contributed by atoms with van der Waals surface area (Å²) in [5.74, 6) is 0.250. The first-order valence-electron chi connectivity index (χ1n) is 11.3. The maximum Gasteiger partial charge on any atom is 0.416 e. The summed E-state index contributed by atoms with van der Waals surface area (Å²) in [7, 11) is 0. The second-order valence-corrected chi connectivity index (χ2v) is 8.95. The number of halogens is 3. The Hall–Kier alpha value is -3.29. The number of piperidine rings is 1. The van der Waals surface area contributed by atoms with Crippen LogP contribution in [0.4, 0.5) is 13.2 Å². The summed E-state index contributed by atoms with van der Waals surface area (Å²) in [4.78, 5) is 27.4. The van der Waals surface area contributed by atoms with Crippen molar-refractivity contribution in [3.63, 3.8) is 0 Å². The average Bonchev–Trinajstić information content (AvgIpc) is 3.54. The predicted octanol–water partition coefficient (Wildman–Crippen LogP) is 4.83. The summed E-state index contributed by atoms with van der Waals surface area (Å²) in [6, 6.07) is 12.0. The molecule has 2 fully saturated rings. The lowest BCUT2D eigenvalue weighted by Gasteiger charge is -2.33. The number of alkyl halides is 3. The van der Waals surface area contributed by atoms with Gasteiger partial charge >= 0.3 is 6.18 Å². The van der Waals surface area contributed by atoms with Crippen molar-refractivity contribution in [2.75, 3.05) is 19.7 Å². The molecule has 180 valence electrons. The SMILES string of the molecule is C=CCOc1cccc(C(=O)N2CCC3(CC2)CC3C(=O)NCc2cccc(C(F)(F)F)c2)c1. The zero-order chi connectivity index (χ0) is 24.3. The topological polar surface area (TPSA) is 58.6 Å². The Kier molecular flexibility index (Phi) is 6.68. The van der Waals surface area contributed by atoms with E-state index in [9.17, 15) is 22.8 Å². The van der Waals surface area contributed by atoms with E-state index >= 15 is 0 Å². The Balaban J connectivity index is 1.28. The van der Waals surface area contributed by atoms with Gasteiger partial charge in [0.1, 0.15) is 12.4 Å². The maximum absolute atomic E-state index is 12.9. The molecule has 1 unspecified atom stereocenters. The summed E-state index contributed by atoms with van der Waals surface area (Å²) in [5, 5.41) is 2.79. The monoisotopic (exact) mass is 472 g/mol. The Morgan fingerprint density at radius 2 is 1.88 bits per heavy atom. The van der Waals surface area contributed by atoms with Gasteiger partial charge < -0.3 is 15.0 Å². The van der Waals surface area contributed by atoms with Crippen LogP contribution in [0, 0.1) is 11.3 Å². The number of nitrogens with zero attached hydrogens (tertiary/aromatic N) is 1. The van der Waals surface area contributed by atoms with E-state index in [0.29, 0.717) is 36.6 Å². The largest absolute Gasteiger partial charge is 0.490 e. The molecule has 0 bridgehead atoms. The van der Waals surface area contributed by atoms with E-state index < -0.39 is 11.7 Å². The van der Waals surface area contributed by atoms with Crippen molar-refractivity contribution in [1.29, 1.82) is 0 Å². The number of hydrogen-bond acceptors (Lipinski definition) is 3. The molecule has 2 aromatic rings. The average molecular weight is 473 g/mol. The number of carbonyl (C=O) groups is 2. The second kappa shape index (κ2) is 9.52. The zero-order valence-electron chi connectivity index (χ0n) is 18.7. The van der Waals surface area contributed by atoms with Crippen LogP contribution in [0.15, 0.2) is 61.2 Å². The quantitative estimate of drug-likeness (QED) is 0.588. The highest BCUT2D eigenvalue weighted by atomic mass is 19.4. The molecule has 1 N–H and O–H groups in total. The molecule has 4 rings (SSSR count). The van der Waals surface area contributed by atoms with Gasteiger partial charge in [-0.3, -0.25) is 9.59 Å². The summed E-state index contributed by atoms with van der Waals surface area (Å²) < 4.78 is 44.2. The molecule has 1 spiro atoms. The van der Waals surface area contributed by atoms with Gasteiger partial charge in [0.15, 0.2) is 0 Å². The molecule has 8 heteroatoms. The summed E-state index contributed by atoms with van der Waals surface area (Å²) >= 11 is 0. The van der Waals surface area contributed by atoms with E-state index in [2.05, 4.69) is 11.9 Å². The van der Waals surface area contributed by atoms with E-state index in [1.54, 1.807) is 41.3 Å². The Morgan fingerprint density at radius 3 is 2.59 bits per heavy atom. The predicted molar refractivity (Wildman–Crippen MR) is 121 cm³/mol. The van der Waals surface area contributed by atoms with Crippen LogP contribution in [-0.2, 0) is 17.5 Å². The molecule has 1 aliphatic carbocycles. The molecule has 2 aromatic carbocycles. The highest BCUT2D eigenvalue weighted by molar-refractivity contribution is 5.94. The fraction of sp³-hybridized carbons (Fsp3) is 0.385. The molecular formula is C26H27F3N2O3.